The standard InChI is InChI=1S/C29H33N5O4/c1-19(35)31-13-12-24(23(17-31)21-10-6-3-7-11-21)30-28(37)32-14-15-33-26(18-32)27(36)34(29(33)38)25-16-22(25)20-8-4-2-5-9-20/h2-11,22-26H,12-18H2,1H3,(H,30,37)/t22-,23?,24?,25+,26+/m1/s1. The molecule has 3 aliphatic heterocycles. The van der Waals surface area contributed by atoms with E-state index in [9.17, 15) is 19.2 Å². The molecule has 38 heavy (non-hydrogen) atoms. The van der Waals surface area contributed by atoms with Gasteiger partial charge in [0.15, 0.2) is 0 Å². The van der Waals surface area contributed by atoms with Gasteiger partial charge in [-0.15, -0.1) is 0 Å². The normalized spacial score (nSPS) is 28.8. The van der Waals surface area contributed by atoms with Crippen LogP contribution in [0.1, 0.15) is 42.7 Å². The Morgan fingerprint density at radius 2 is 1.47 bits per heavy atom. The fraction of sp³-hybridized carbons (Fsp3) is 0.448. The van der Waals surface area contributed by atoms with Crippen LogP contribution in [-0.2, 0) is 9.59 Å². The van der Waals surface area contributed by atoms with E-state index in [0.717, 1.165) is 17.5 Å². The van der Waals surface area contributed by atoms with Gasteiger partial charge in [0.2, 0.25) is 5.91 Å². The third-order valence-electron chi connectivity index (χ3n) is 8.55. The number of carbonyl (C=O) groups is 4. The number of urea groups is 2. The zero-order valence-corrected chi connectivity index (χ0v) is 21.5. The summed E-state index contributed by atoms with van der Waals surface area (Å²) in [7, 11) is 0. The van der Waals surface area contributed by atoms with Crippen molar-refractivity contribution in [3.8, 4) is 0 Å². The number of amides is 6. The molecule has 2 aromatic carbocycles. The van der Waals surface area contributed by atoms with Crippen LogP contribution in [0.15, 0.2) is 60.7 Å². The Morgan fingerprint density at radius 3 is 2.13 bits per heavy atom. The van der Waals surface area contributed by atoms with Crippen LogP contribution in [0.4, 0.5) is 9.59 Å². The number of piperidine rings is 1. The monoisotopic (exact) mass is 515 g/mol. The van der Waals surface area contributed by atoms with E-state index in [0.29, 0.717) is 32.6 Å². The first kappa shape index (κ1) is 24.5. The van der Waals surface area contributed by atoms with Gasteiger partial charge in [-0.05, 0) is 24.0 Å². The fourth-order valence-corrected chi connectivity index (χ4v) is 6.33. The predicted molar refractivity (Wildman–Crippen MR) is 140 cm³/mol. The molecule has 5 atom stereocenters. The van der Waals surface area contributed by atoms with E-state index in [1.54, 1.807) is 16.7 Å². The average Bonchev–Trinajstić information content (AvgIpc) is 3.69. The first-order valence-electron chi connectivity index (χ1n) is 13.5. The summed E-state index contributed by atoms with van der Waals surface area (Å²) in [5.74, 6) is -0.00600. The molecule has 2 aromatic rings. The molecule has 1 aliphatic carbocycles. The third-order valence-corrected chi connectivity index (χ3v) is 8.55. The first-order valence-corrected chi connectivity index (χ1v) is 13.5. The molecule has 4 fully saturated rings. The molecule has 1 saturated carbocycles. The molecular weight excluding hydrogens is 482 g/mol. The van der Waals surface area contributed by atoms with Crippen molar-refractivity contribution in [2.75, 3.05) is 32.7 Å². The predicted octanol–water partition coefficient (Wildman–Crippen LogP) is 2.61. The van der Waals surface area contributed by atoms with Crippen LogP contribution in [0.25, 0.3) is 0 Å². The van der Waals surface area contributed by atoms with Crippen molar-refractivity contribution in [3.05, 3.63) is 71.8 Å². The summed E-state index contributed by atoms with van der Waals surface area (Å²) in [6.45, 7) is 3.63. The minimum absolute atomic E-state index is 0.0194. The van der Waals surface area contributed by atoms with Gasteiger partial charge in [-0.25, -0.2) is 9.59 Å². The molecule has 3 saturated heterocycles. The highest BCUT2D eigenvalue weighted by Crippen LogP contribution is 2.46. The summed E-state index contributed by atoms with van der Waals surface area (Å²) >= 11 is 0. The number of hydrogen-bond acceptors (Lipinski definition) is 4. The molecule has 4 aliphatic rings. The lowest BCUT2D eigenvalue weighted by atomic mass is 9.86. The number of fused-ring (bicyclic) bond motifs is 1. The van der Waals surface area contributed by atoms with Crippen molar-refractivity contribution in [1.29, 1.82) is 0 Å². The second-order valence-corrected chi connectivity index (χ2v) is 10.8. The minimum Gasteiger partial charge on any atom is -0.342 e. The lowest BCUT2D eigenvalue weighted by Gasteiger charge is -2.41. The lowest BCUT2D eigenvalue weighted by Crippen LogP contribution is -2.59. The molecular formula is C29H33N5O4. The molecule has 0 bridgehead atoms. The number of likely N-dealkylation sites (tertiary alicyclic amines) is 1. The van der Waals surface area contributed by atoms with Gasteiger partial charge in [-0.2, -0.15) is 0 Å². The molecule has 198 valence electrons. The molecule has 0 aromatic heterocycles. The summed E-state index contributed by atoms with van der Waals surface area (Å²) in [6, 6.07) is 18.6. The lowest BCUT2D eigenvalue weighted by molar-refractivity contribution is -0.130. The van der Waals surface area contributed by atoms with Gasteiger partial charge in [0.25, 0.3) is 5.91 Å². The van der Waals surface area contributed by atoms with Crippen molar-refractivity contribution in [2.45, 2.75) is 49.7 Å². The van der Waals surface area contributed by atoms with E-state index >= 15 is 0 Å². The molecule has 6 amide bonds. The summed E-state index contributed by atoms with van der Waals surface area (Å²) in [6.07, 6.45) is 1.44. The second kappa shape index (κ2) is 9.78. The van der Waals surface area contributed by atoms with E-state index in [-0.39, 0.29) is 54.3 Å². The highest BCUT2D eigenvalue weighted by atomic mass is 16.2. The molecule has 0 radical (unpaired) electrons. The van der Waals surface area contributed by atoms with Crippen molar-refractivity contribution < 1.29 is 19.2 Å². The Kier molecular flexibility index (Phi) is 6.29. The molecule has 1 N–H and O–H groups in total. The number of benzene rings is 2. The Morgan fingerprint density at radius 1 is 0.816 bits per heavy atom. The number of imide groups is 1. The Hall–Kier alpha value is -3.88. The minimum atomic E-state index is -0.636. The molecule has 6 rings (SSSR count). The number of piperazine rings is 1. The second-order valence-electron chi connectivity index (χ2n) is 10.8. The summed E-state index contributed by atoms with van der Waals surface area (Å²) in [5.41, 5.74) is 2.23. The van der Waals surface area contributed by atoms with Crippen molar-refractivity contribution in [1.82, 2.24) is 24.9 Å². The third kappa shape index (κ3) is 4.40. The molecule has 3 heterocycles. The maximum atomic E-state index is 13.4. The highest BCUT2D eigenvalue weighted by Gasteiger charge is 2.56. The Bertz CT molecular complexity index is 1240. The number of nitrogens with zero attached hydrogens (tertiary/aromatic N) is 4. The van der Waals surface area contributed by atoms with Crippen LogP contribution in [0.3, 0.4) is 0 Å². The molecule has 9 nitrogen and oxygen atoms in total. The van der Waals surface area contributed by atoms with E-state index in [2.05, 4.69) is 5.32 Å². The maximum Gasteiger partial charge on any atom is 0.327 e. The zero-order valence-electron chi connectivity index (χ0n) is 21.5. The van der Waals surface area contributed by atoms with E-state index in [1.807, 2.05) is 65.6 Å². The van der Waals surface area contributed by atoms with Crippen LogP contribution < -0.4 is 5.32 Å². The van der Waals surface area contributed by atoms with Gasteiger partial charge < -0.3 is 20.0 Å². The van der Waals surface area contributed by atoms with Gasteiger partial charge in [0.05, 0.1) is 6.54 Å². The topological polar surface area (TPSA) is 93.3 Å². The average molecular weight is 516 g/mol. The molecule has 2 unspecified atom stereocenters. The van der Waals surface area contributed by atoms with Crippen molar-refractivity contribution in [2.24, 2.45) is 0 Å². The number of nitrogens with one attached hydrogen (secondary N) is 1. The van der Waals surface area contributed by atoms with Crippen molar-refractivity contribution >= 4 is 23.9 Å². The van der Waals surface area contributed by atoms with E-state index in [1.165, 1.54) is 4.90 Å². The first-order chi connectivity index (χ1) is 18.4. The maximum absolute atomic E-state index is 13.4. The van der Waals surface area contributed by atoms with Gasteiger partial charge in [-0.3, -0.25) is 14.5 Å². The van der Waals surface area contributed by atoms with Crippen LogP contribution in [-0.4, -0.2) is 94.3 Å². The summed E-state index contributed by atoms with van der Waals surface area (Å²) in [4.78, 5) is 58.6. The van der Waals surface area contributed by atoms with Gasteiger partial charge in [0.1, 0.15) is 6.04 Å². The van der Waals surface area contributed by atoms with Gasteiger partial charge in [0, 0.05) is 57.0 Å². The fourth-order valence-electron chi connectivity index (χ4n) is 6.33. The molecule has 0 spiro atoms. The van der Waals surface area contributed by atoms with Crippen LogP contribution in [0.2, 0.25) is 0 Å². The number of carbonyl (C=O) groups excluding carboxylic acids is 4. The summed E-state index contributed by atoms with van der Waals surface area (Å²) in [5, 5.41) is 3.20. The molecule has 9 heteroatoms. The highest BCUT2D eigenvalue weighted by molar-refractivity contribution is 6.05. The summed E-state index contributed by atoms with van der Waals surface area (Å²) < 4.78 is 0. The SMILES string of the molecule is CC(=O)N1CCC(NC(=O)N2CCN3C(=O)N([C@H]4C[C@@H]4c4ccccc4)C(=O)[C@@H]3C2)C(c2ccccc2)C1. The van der Waals surface area contributed by atoms with Gasteiger partial charge >= 0.3 is 12.1 Å². The van der Waals surface area contributed by atoms with Crippen LogP contribution >= 0.6 is 0 Å². The quantitative estimate of drug-likeness (QED) is 0.634. The van der Waals surface area contributed by atoms with Crippen LogP contribution in [0.5, 0.6) is 0 Å². The van der Waals surface area contributed by atoms with Crippen LogP contribution in [0, 0.1) is 0 Å². The number of rotatable bonds is 4. The largest absolute Gasteiger partial charge is 0.342 e. The van der Waals surface area contributed by atoms with E-state index < -0.39 is 6.04 Å². The Labute approximate surface area is 222 Å². The zero-order chi connectivity index (χ0) is 26.4. The van der Waals surface area contributed by atoms with E-state index in [4.69, 9.17) is 0 Å². The number of hydrogen-bond donors (Lipinski definition) is 1. The Balaban J connectivity index is 1.12. The van der Waals surface area contributed by atoms with Crippen molar-refractivity contribution in [3.63, 3.8) is 0 Å². The smallest absolute Gasteiger partial charge is 0.327 e. The van der Waals surface area contributed by atoms with Gasteiger partial charge in [-0.1, -0.05) is 60.7 Å².